The Hall–Kier alpha value is -3.05. The van der Waals surface area contributed by atoms with Gasteiger partial charge in [-0.05, 0) is 54.6 Å². The molecule has 0 atom stereocenters. The third-order valence-electron chi connectivity index (χ3n) is 5.04. The van der Waals surface area contributed by atoms with Crippen LogP contribution in [0.15, 0.2) is 121 Å². The molecule has 0 bridgehead atoms. The van der Waals surface area contributed by atoms with Crippen LogP contribution < -0.4 is 15.9 Å². The predicted molar refractivity (Wildman–Crippen MR) is 134 cm³/mol. The van der Waals surface area contributed by atoms with Gasteiger partial charge in [-0.25, -0.2) is 4.39 Å². The van der Waals surface area contributed by atoms with Gasteiger partial charge in [0.2, 0.25) is 0 Å². The molecular weight excluding hydrogens is 609 g/mol. The van der Waals surface area contributed by atoms with Gasteiger partial charge in [0.15, 0.2) is 0 Å². The fraction of sp³-hybridized carbons (Fsp3) is 0. The first kappa shape index (κ1) is 24.6. The molecular formula is C29H21AuFNP+. The van der Waals surface area contributed by atoms with E-state index < -0.39 is 7.92 Å². The van der Waals surface area contributed by atoms with Crippen LogP contribution in [0.25, 0.3) is 10.9 Å². The molecule has 0 fully saturated rings. The molecule has 0 saturated carbocycles. The Bertz CT molecular complexity index is 1240. The monoisotopic (exact) mass is 630 g/mol. The van der Waals surface area contributed by atoms with Gasteiger partial charge in [-0.3, -0.25) is 10.9 Å². The second-order valence-corrected chi connectivity index (χ2v) is 9.57. The van der Waals surface area contributed by atoms with Gasteiger partial charge < -0.3 is 6.42 Å². The Labute approximate surface area is 211 Å². The zero-order valence-corrected chi connectivity index (χ0v) is 20.8. The van der Waals surface area contributed by atoms with Gasteiger partial charge in [-0.15, -0.1) is 11.6 Å². The number of hydrogen-bond acceptors (Lipinski definition) is 1. The van der Waals surface area contributed by atoms with E-state index in [2.05, 4.69) is 102 Å². The summed E-state index contributed by atoms with van der Waals surface area (Å²) in [6.07, 6.45) is 8.56. The van der Waals surface area contributed by atoms with E-state index in [0.717, 1.165) is 0 Å². The van der Waals surface area contributed by atoms with Gasteiger partial charge in [-0.1, -0.05) is 54.6 Å². The molecule has 1 heterocycles. The van der Waals surface area contributed by atoms with Gasteiger partial charge >= 0.3 is 22.4 Å². The smallest absolute Gasteiger partial charge is 0.366 e. The Kier molecular flexibility index (Phi) is 9.14. The number of nitrogens with zero attached hydrogens (tertiary/aromatic N) is 1. The largest absolute Gasteiger partial charge is 1.00 e. The number of halogens is 1. The van der Waals surface area contributed by atoms with E-state index in [1.165, 1.54) is 28.0 Å². The van der Waals surface area contributed by atoms with Crippen LogP contribution in [-0.2, 0) is 22.4 Å². The van der Waals surface area contributed by atoms with Crippen LogP contribution in [0.5, 0.6) is 0 Å². The van der Waals surface area contributed by atoms with E-state index in [-0.39, 0.29) is 28.2 Å². The van der Waals surface area contributed by atoms with Crippen LogP contribution in [0.2, 0.25) is 0 Å². The summed E-state index contributed by atoms with van der Waals surface area (Å²) in [4.78, 5) is 3.99. The molecule has 0 aliphatic rings. The van der Waals surface area contributed by atoms with Crippen molar-refractivity contribution in [3.63, 3.8) is 0 Å². The van der Waals surface area contributed by atoms with Crippen molar-refractivity contribution in [1.82, 2.24) is 4.98 Å². The van der Waals surface area contributed by atoms with Crippen molar-refractivity contribution < 1.29 is 26.8 Å². The predicted octanol–water partition coefficient (Wildman–Crippen LogP) is 5.49. The summed E-state index contributed by atoms with van der Waals surface area (Å²) in [6, 6.07) is 38.6. The maximum absolute atomic E-state index is 13.2. The van der Waals surface area contributed by atoms with Gasteiger partial charge in [0, 0.05) is 17.1 Å². The first-order chi connectivity index (χ1) is 15.8. The third kappa shape index (κ3) is 6.05. The van der Waals surface area contributed by atoms with Gasteiger partial charge in [0.25, 0.3) is 0 Å². The molecule has 164 valence electrons. The molecule has 0 radical (unpaired) electrons. The minimum atomic E-state index is -0.877. The number of benzene rings is 4. The van der Waals surface area contributed by atoms with Gasteiger partial charge in [0.05, 0.1) is 7.92 Å². The molecule has 0 unspecified atom stereocenters. The summed E-state index contributed by atoms with van der Waals surface area (Å²) in [6.45, 7) is 0. The number of rotatable bonds is 3. The molecule has 5 rings (SSSR count). The summed E-state index contributed by atoms with van der Waals surface area (Å²) >= 11 is 0. The zero-order valence-electron chi connectivity index (χ0n) is 17.7. The molecule has 0 aliphatic heterocycles. The Morgan fingerprint density at radius 3 is 1.58 bits per heavy atom. The summed E-state index contributed by atoms with van der Waals surface area (Å²) in [5.74, 6) is 1.90. The van der Waals surface area contributed by atoms with E-state index in [0.29, 0.717) is 16.5 Å². The average molecular weight is 630 g/mol. The third-order valence-corrected chi connectivity index (χ3v) is 7.77. The Balaban J connectivity index is 0.000000192. The number of fused-ring (bicyclic) bond motifs is 1. The molecule has 0 saturated heterocycles. The summed E-state index contributed by atoms with van der Waals surface area (Å²) < 4.78 is 13.2. The van der Waals surface area contributed by atoms with Crippen LogP contribution in [0, 0.1) is 18.2 Å². The number of aromatic nitrogens is 1. The molecule has 1 aromatic heterocycles. The molecule has 33 heavy (non-hydrogen) atoms. The minimum absolute atomic E-state index is 0. The van der Waals surface area contributed by atoms with Crippen LogP contribution in [-0.4, -0.2) is 4.98 Å². The minimum Gasteiger partial charge on any atom is -0.366 e. The standard InChI is InChI=1S/C18H15P.C11H5FN.Au/c1-4-10-16(11-5-1)19(17-12-6-2-7-13-17)18-14-8-3-9-15-18;1-2-8-5-6-10(12)9-4-3-7-13-11(8)9;/h1-15H;3-7H;/q;-1;+1/p+1. The maximum atomic E-state index is 13.2. The van der Waals surface area contributed by atoms with Crippen LogP contribution in [0.1, 0.15) is 5.56 Å². The first-order valence-corrected chi connectivity index (χ1v) is 11.8. The summed E-state index contributed by atoms with van der Waals surface area (Å²) in [7, 11) is -0.877. The number of pyridine rings is 1. The van der Waals surface area contributed by atoms with Crippen LogP contribution in [0.3, 0.4) is 0 Å². The Morgan fingerprint density at radius 2 is 1.12 bits per heavy atom. The molecule has 5 aromatic rings. The molecule has 1 nitrogen and oxygen atoms in total. The van der Waals surface area contributed by atoms with Gasteiger partial charge in [-0.2, -0.15) is 0 Å². The molecule has 0 spiro atoms. The van der Waals surface area contributed by atoms with E-state index in [1.54, 1.807) is 18.3 Å². The molecule has 0 aliphatic carbocycles. The molecule has 4 heteroatoms. The van der Waals surface area contributed by atoms with Crippen molar-refractivity contribution in [2.24, 2.45) is 0 Å². The van der Waals surface area contributed by atoms with Crippen molar-refractivity contribution >= 4 is 34.7 Å². The molecule has 0 amide bonds. The van der Waals surface area contributed by atoms with E-state index >= 15 is 0 Å². The second kappa shape index (κ2) is 12.3. The van der Waals surface area contributed by atoms with Crippen molar-refractivity contribution in [1.29, 1.82) is 0 Å². The zero-order chi connectivity index (χ0) is 22.2. The maximum Gasteiger partial charge on any atom is 1.00 e. The van der Waals surface area contributed by atoms with Crippen LogP contribution >= 0.6 is 7.92 Å². The average Bonchev–Trinajstić information content (AvgIpc) is 2.87. The normalized spacial score (nSPS) is 9.97. The summed E-state index contributed by atoms with van der Waals surface area (Å²) in [5, 5.41) is 4.74. The Morgan fingerprint density at radius 1 is 0.636 bits per heavy atom. The van der Waals surface area contributed by atoms with E-state index in [9.17, 15) is 4.39 Å². The SMILES string of the molecule is [Au+].[C-]#Cc1ccc(F)c2cccnc12.c1ccc([PH+](c2ccccc2)c2ccccc2)cc1. The van der Waals surface area contributed by atoms with Crippen molar-refractivity contribution in [2.45, 2.75) is 0 Å². The van der Waals surface area contributed by atoms with Crippen molar-refractivity contribution in [3.05, 3.63) is 139 Å². The summed E-state index contributed by atoms with van der Waals surface area (Å²) in [5.41, 5.74) is 0.995. The quantitative estimate of drug-likeness (QED) is 0.111. The first-order valence-electron chi connectivity index (χ1n) is 10.3. The van der Waals surface area contributed by atoms with Crippen molar-refractivity contribution in [3.8, 4) is 5.92 Å². The van der Waals surface area contributed by atoms with E-state index in [1.807, 2.05) is 0 Å². The fourth-order valence-electron chi connectivity index (χ4n) is 3.55. The van der Waals surface area contributed by atoms with Crippen molar-refractivity contribution in [2.75, 3.05) is 0 Å². The number of hydrogen-bond donors (Lipinski definition) is 0. The topological polar surface area (TPSA) is 12.9 Å². The van der Waals surface area contributed by atoms with Crippen LogP contribution in [0.4, 0.5) is 4.39 Å². The second-order valence-electron chi connectivity index (χ2n) is 7.09. The van der Waals surface area contributed by atoms with E-state index in [4.69, 9.17) is 6.42 Å². The fourth-order valence-corrected chi connectivity index (χ4v) is 6.13. The molecule has 0 N–H and O–H groups in total. The van der Waals surface area contributed by atoms with Gasteiger partial charge in [0.1, 0.15) is 21.7 Å². The molecule has 4 aromatic carbocycles.